The Morgan fingerprint density at radius 2 is 1.62 bits per heavy atom. The molecule has 4 rings (SSSR count). The van der Waals surface area contributed by atoms with Crippen LogP contribution >= 0.6 is 69.6 Å². The molecular formula is C24H13Cl6FN2O4. The van der Waals surface area contributed by atoms with Crippen LogP contribution in [0.2, 0.25) is 20.1 Å². The Bertz CT molecular complexity index is 1440. The summed E-state index contributed by atoms with van der Waals surface area (Å²) in [6, 6.07) is 10.2. The van der Waals surface area contributed by atoms with Gasteiger partial charge < -0.3 is 5.32 Å². The molecule has 3 aromatic rings. The fourth-order valence-electron chi connectivity index (χ4n) is 3.98. The highest BCUT2D eigenvalue weighted by atomic mass is 35.5. The Morgan fingerprint density at radius 3 is 2.24 bits per heavy atom. The van der Waals surface area contributed by atoms with Crippen molar-refractivity contribution < 1.29 is 18.9 Å². The Kier molecular flexibility index (Phi) is 7.96. The van der Waals surface area contributed by atoms with Crippen LogP contribution in [0, 0.1) is 21.8 Å². The molecule has 3 aromatic carbocycles. The van der Waals surface area contributed by atoms with Crippen molar-refractivity contribution in [3.05, 3.63) is 101 Å². The van der Waals surface area contributed by atoms with E-state index in [4.69, 9.17) is 69.6 Å². The van der Waals surface area contributed by atoms with E-state index in [2.05, 4.69) is 5.32 Å². The van der Waals surface area contributed by atoms with E-state index in [0.717, 1.165) is 18.2 Å². The average Bonchev–Trinajstić information content (AvgIpc) is 3.41. The van der Waals surface area contributed by atoms with Gasteiger partial charge in [0.15, 0.2) is 5.78 Å². The fraction of sp³-hybridized carbons (Fsp3) is 0.167. The number of nitro benzene ring substituents is 1. The molecule has 0 heterocycles. The molecule has 6 nitrogen and oxygen atoms in total. The van der Waals surface area contributed by atoms with Gasteiger partial charge in [-0.25, -0.2) is 4.39 Å². The number of hydrogen-bond acceptors (Lipinski definition) is 4. The average molecular weight is 625 g/mol. The van der Waals surface area contributed by atoms with E-state index in [9.17, 15) is 24.1 Å². The van der Waals surface area contributed by atoms with Gasteiger partial charge in [0.1, 0.15) is 10.2 Å². The molecule has 1 amide bonds. The van der Waals surface area contributed by atoms with Gasteiger partial charge in [-0.05, 0) is 48.0 Å². The fourth-order valence-corrected chi connectivity index (χ4v) is 5.65. The number of nitro groups is 1. The number of halogens is 7. The maximum atomic E-state index is 13.4. The first-order valence-corrected chi connectivity index (χ1v) is 12.7. The minimum absolute atomic E-state index is 0.00436. The van der Waals surface area contributed by atoms with E-state index in [-0.39, 0.29) is 36.9 Å². The molecule has 0 bridgehead atoms. The van der Waals surface area contributed by atoms with E-state index in [0.29, 0.717) is 5.56 Å². The van der Waals surface area contributed by atoms with Crippen LogP contribution in [0.5, 0.6) is 0 Å². The molecule has 0 unspecified atom stereocenters. The zero-order valence-corrected chi connectivity index (χ0v) is 22.7. The standard InChI is InChI=1S/C24H13Cl6FN2O4/c25-15-4-3-13(9-14(15)19(34)7-10-1-2-12(31)8-18(10)33(36)37)32-23(35)21-20(24(21,29)30)11-5-16(26)22(28)17(27)6-11/h1-6,8-9,20-21H,7H2,(H,32,35)/t20-,21+/m0/s1. The number of nitrogens with one attached hydrogen (secondary N) is 1. The molecule has 0 aliphatic heterocycles. The third kappa shape index (κ3) is 5.67. The van der Waals surface area contributed by atoms with Crippen molar-refractivity contribution in [2.45, 2.75) is 16.7 Å². The summed E-state index contributed by atoms with van der Waals surface area (Å²) < 4.78 is 12.0. The predicted molar refractivity (Wildman–Crippen MR) is 143 cm³/mol. The SMILES string of the molecule is O=C(Cc1ccc(F)cc1[N+](=O)[O-])c1cc(NC(=O)[C@H]2[C@H](c3cc(Cl)c(Cl)c(Cl)c3)C2(Cl)Cl)ccc1Cl. The van der Waals surface area contributed by atoms with E-state index < -0.39 is 50.7 Å². The Labute approximate surface area is 239 Å². The van der Waals surface area contributed by atoms with Crippen molar-refractivity contribution >= 4 is 92.7 Å². The smallest absolute Gasteiger partial charge is 0.275 e. The molecule has 0 aromatic heterocycles. The summed E-state index contributed by atoms with van der Waals surface area (Å²) in [7, 11) is 0. The molecule has 2 atom stereocenters. The van der Waals surface area contributed by atoms with Gasteiger partial charge in [-0.15, -0.1) is 23.2 Å². The van der Waals surface area contributed by atoms with Crippen LogP contribution in [0.3, 0.4) is 0 Å². The lowest BCUT2D eigenvalue weighted by Crippen LogP contribution is -2.17. The molecule has 1 N–H and O–H groups in total. The molecule has 0 radical (unpaired) electrons. The lowest BCUT2D eigenvalue weighted by atomic mass is 10.0. The molecule has 1 aliphatic rings. The van der Waals surface area contributed by atoms with E-state index in [1.807, 2.05) is 0 Å². The highest BCUT2D eigenvalue weighted by Gasteiger charge is 2.67. The molecule has 1 saturated carbocycles. The van der Waals surface area contributed by atoms with Crippen LogP contribution in [-0.2, 0) is 11.2 Å². The summed E-state index contributed by atoms with van der Waals surface area (Å²) in [6.45, 7) is 0. The minimum atomic E-state index is -1.45. The number of benzene rings is 3. The number of anilines is 1. The van der Waals surface area contributed by atoms with Gasteiger partial charge >= 0.3 is 0 Å². The van der Waals surface area contributed by atoms with Crippen LogP contribution in [0.25, 0.3) is 0 Å². The first kappa shape index (κ1) is 27.9. The molecule has 0 saturated heterocycles. The number of rotatable bonds is 7. The number of carbonyl (C=O) groups excluding carboxylic acids is 2. The molecule has 37 heavy (non-hydrogen) atoms. The molecule has 1 fully saturated rings. The molecule has 192 valence electrons. The predicted octanol–water partition coefficient (Wildman–Crippen LogP) is 8.30. The quantitative estimate of drug-likeness (QED) is 0.0941. The van der Waals surface area contributed by atoms with E-state index in [1.54, 1.807) is 0 Å². The Morgan fingerprint density at radius 1 is 0.973 bits per heavy atom. The van der Waals surface area contributed by atoms with Crippen molar-refractivity contribution in [3.63, 3.8) is 0 Å². The number of nitrogens with zero attached hydrogens (tertiary/aromatic N) is 1. The van der Waals surface area contributed by atoms with Gasteiger partial charge in [0, 0.05) is 29.2 Å². The Hall–Kier alpha value is -2.13. The number of Topliss-reactive ketones (excluding diaryl/α,β-unsaturated/α-hetero) is 1. The lowest BCUT2D eigenvalue weighted by Gasteiger charge is -2.10. The third-order valence-electron chi connectivity index (χ3n) is 5.83. The summed E-state index contributed by atoms with van der Waals surface area (Å²) in [5, 5.41) is 14.5. The van der Waals surface area contributed by atoms with Gasteiger partial charge in [-0.2, -0.15) is 0 Å². The van der Waals surface area contributed by atoms with Crippen molar-refractivity contribution in [2.75, 3.05) is 5.32 Å². The number of carbonyl (C=O) groups is 2. The monoisotopic (exact) mass is 622 g/mol. The van der Waals surface area contributed by atoms with Crippen molar-refractivity contribution in [3.8, 4) is 0 Å². The Balaban J connectivity index is 1.54. The van der Waals surface area contributed by atoms with Crippen LogP contribution in [0.1, 0.15) is 27.4 Å². The van der Waals surface area contributed by atoms with Gasteiger partial charge in [-0.1, -0.05) is 46.4 Å². The largest absolute Gasteiger partial charge is 0.326 e. The summed E-state index contributed by atoms with van der Waals surface area (Å²) >= 11 is 37.1. The molecule has 13 heteroatoms. The molecule has 0 spiro atoms. The summed E-state index contributed by atoms with van der Waals surface area (Å²) in [4.78, 5) is 36.4. The van der Waals surface area contributed by atoms with Gasteiger partial charge in [-0.3, -0.25) is 19.7 Å². The zero-order valence-electron chi connectivity index (χ0n) is 18.2. The van der Waals surface area contributed by atoms with Crippen molar-refractivity contribution in [1.29, 1.82) is 0 Å². The van der Waals surface area contributed by atoms with Crippen LogP contribution in [0.15, 0.2) is 48.5 Å². The second kappa shape index (κ2) is 10.6. The number of ketones is 1. The second-order valence-electron chi connectivity index (χ2n) is 8.24. The maximum Gasteiger partial charge on any atom is 0.275 e. The highest BCUT2D eigenvalue weighted by molar-refractivity contribution is 6.54. The van der Waals surface area contributed by atoms with E-state index >= 15 is 0 Å². The molecule has 1 aliphatic carbocycles. The van der Waals surface area contributed by atoms with Gasteiger partial charge in [0.05, 0.1) is 37.0 Å². The summed E-state index contributed by atoms with van der Waals surface area (Å²) in [6.07, 6.45) is -0.414. The van der Waals surface area contributed by atoms with Crippen LogP contribution < -0.4 is 5.32 Å². The second-order valence-corrected chi connectivity index (χ2v) is 11.3. The van der Waals surface area contributed by atoms with Crippen molar-refractivity contribution in [1.82, 2.24) is 0 Å². The number of amides is 1. The number of alkyl halides is 2. The topological polar surface area (TPSA) is 89.3 Å². The third-order valence-corrected chi connectivity index (χ3v) is 8.30. The van der Waals surface area contributed by atoms with Crippen molar-refractivity contribution in [2.24, 2.45) is 5.92 Å². The summed E-state index contributed by atoms with van der Waals surface area (Å²) in [5.74, 6) is -3.42. The molecular weight excluding hydrogens is 612 g/mol. The zero-order chi connectivity index (χ0) is 27.2. The highest BCUT2D eigenvalue weighted by Crippen LogP contribution is 2.65. The van der Waals surface area contributed by atoms with Crippen LogP contribution in [0.4, 0.5) is 15.8 Å². The first-order valence-electron chi connectivity index (χ1n) is 10.4. The van der Waals surface area contributed by atoms with E-state index in [1.165, 1.54) is 30.3 Å². The first-order chi connectivity index (χ1) is 17.3. The van der Waals surface area contributed by atoms with Gasteiger partial charge in [0.2, 0.25) is 5.91 Å². The summed E-state index contributed by atoms with van der Waals surface area (Å²) in [5.41, 5.74) is 0.226. The normalized spacial score (nSPS) is 17.8. The maximum absolute atomic E-state index is 13.4. The number of hydrogen-bond donors (Lipinski definition) is 1. The lowest BCUT2D eigenvalue weighted by molar-refractivity contribution is -0.385. The van der Waals surface area contributed by atoms with Crippen LogP contribution in [-0.4, -0.2) is 20.9 Å². The minimum Gasteiger partial charge on any atom is -0.326 e. The van der Waals surface area contributed by atoms with Gasteiger partial charge in [0.25, 0.3) is 5.69 Å².